The predicted octanol–water partition coefficient (Wildman–Crippen LogP) is -8.91. The van der Waals surface area contributed by atoms with Crippen LogP contribution >= 0.6 is 0 Å². The number of hydrogen-bond donors (Lipinski definition) is 16. The van der Waals surface area contributed by atoms with E-state index in [0.29, 0.717) is 45.2 Å². The summed E-state index contributed by atoms with van der Waals surface area (Å²) in [6.07, 6.45) is 1.22. The highest BCUT2D eigenvalue weighted by Gasteiger charge is 2.38. The molecule has 2 fully saturated rings. The smallest absolute Gasteiger partial charge is 0.326 e. The van der Waals surface area contributed by atoms with E-state index in [-0.39, 0.29) is 25.9 Å². The molecule has 79 heavy (non-hydrogen) atoms. The minimum atomic E-state index is -1.68. The molecule has 0 aliphatic carbocycles. The summed E-state index contributed by atoms with van der Waals surface area (Å²) >= 11 is 0. The van der Waals surface area contributed by atoms with Crippen molar-refractivity contribution >= 4 is 82.8 Å². The second kappa shape index (κ2) is 33.7. The first-order valence-electron chi connectivity index (χ1n) is 25.9. The minimum Gasteiger partial charge on any atom is -0.480 e. The summed E-state index contributed by atoms with van der Waals surface area (Å²) in [6, 6.07) is -11.3. The van der Waals surface area contributed by atoms with Crippen LogP contribution < -0.4 is 70.0 Å². The Morgan fingerprint density at radius 1 is 0.519 bits per heavy atom. The first kappa shape index (κ1) is 67.5. The highest BCUT2D eigenvalue weighted by Crippen LogP contribution is 2.19. The molecule has 444 valence electrons. The fourth-order valence-corrected chi connectivity index (χ4v) is 8.16. The molecule has 32 heteroatoms. The van der Waals surface area contributed by atoms with E-state index in [0.717, 1.165) is 6.92 Å². The minimum absolute atomic E-state index is 0.139. The molecule has 0 aromatic heterocycles. The number of nitrogens with one attached hydrogen (secondary N) is 11. The van der Waals surface area contributed by atoms with Crippen molar-refractivity contribution in [1.82, 2.24) is 68.3 Å². The number of carboxylic acids is 1. The number of unbranched alkanes of at least 4 members (excludes halogenated alkanes) is 1. The van der Waals surface area contributed by atoms with Gasteiger partial charge in [0, 0.05) is 13.1 Å². The van der Waals surface area contributed by atoms with Crippen LogP contribution in [0.25, 0.3) is 0 Å². The predicted molar refractivity (Wildman–Crippen MR) is 275 cm³/mol. The second-order valence-corrected chi connectivity index (χ2v) is 19.3. The molecule has 0 spiro atoms. The number of amides is 13. The van der Waals surface area contributed by atoms with Crippen molar-refractivity contribution in [2.45, 2.75) is 147 Å². The summed E-state index contributed by atoms with van der Waals surface area (Å²) in [5.41, 5.74) is 10.9. The van der Waals surface area contributed by atoms with Gasteiger partial charge in [-0.15, -0.1) is 0 Å². The molecule has 0 aromatic carbocycles. The average molecular weight is 1130 g/mol. The molecule has 0 aromatic rings. The maximum Gasteiger partial charge on any atom is 0.326 e. The standard InChI is InChI=1S/C47H79N15O17/c1-23(2)37(44(75)52-19-33(66)55-26(5)46(77)62-16-10-12-30(62)42(73)51-20-34(67)57-28(47(78)79)11-7-8-14-48)59-41(72)29(22-63)58-35(68)21-53-45(76)38(27(6)64)60-40(71)25(4)54-32(65)18-50-39(70)24(3)56-43(74)31-13-9-15-61(31)36(69)17-49/h23-31,37-38,63-64H,7-22,48-49H2,1-6H3,(H,50,70)(H,51,73)(H,52,75)(H,53,76)(H,54,65)(H,55,66)(H,56,74)(H,57,67)(H,58,68)(H,59,72)(H,60,71)(H,78,79)/t24-,25-,26-,27+,28-,29-,30-,31-,37-,38-/m0/s1. The van der Waals surface area contributed by atoms with E-state index in [1.807, 2.05) is 0 Å². The fourth-order valence-electron chi connectivity index (χ4n) is 8.16. The van der Waals surface area contributed by atoms with E-state index >= 15 is 0 Å². The van der Waals surface area contributed by atoms with E-state index in [2.05, 4.69) is 58.5 Å². The van der Waals surface area contributed by atoms with E-state index in [1.165, 1.54) is 30.6 Å². The SMILES string of the molecule is CC(C)[C@H](NC(=O)[C@H](CO)NC(=O)CNC(=O)[C@@H](NC(=O)[C@H](C)NC(=O)CNC(=O)[C@H](C)NC(=O)[C@@H]1CCCN1C(=O)CN)[C@@H](C)O)C(=O)NCC(=O)N[C@@H](C)C(=O)N1CCC[C@H]1C(=O)NCC(=O)N[C@@H](CCCCN)C(=O)O. The van der Waals surface area contributed by atoms with Gasteiger partial charge in [-0.3, -0.25) is 62.3 Å². The number of likely N-dealkylation sites (tertiary alicyclic amines) is 2. The van der Waals surface area contributed by atoms with Gasteiger partial charge in [0.25, 0.3) is 0 Å². The second-order valence-electron chi connectivity index (χ2n) is 19.3. The van der Waals surface area contributed by atoms with E-state index in [4.69, 9.17) is 11.5 Å². The van der Waals surface area contributed by atoms with Crippen molar-refractivity contribution in [2.24, 2.45) is 17.4 Å². The highest BCUT2D eigenvalue weighted by molar-refractivity contribution is 5.98. The Bertz CT molecular complexity index is 2220. The molecule has 13 amide bonds. The maximum absolute atomic E-state index is 13.3. The molecule has 2 heterocycles. The van der Waals surface area contributed by atoms with Crippen molar-refractivity contribution in [2.75, 3.05) is 59.0 Å². The van der Waals surface area contributed by atoms with Crippen LogP contribution in [0.15, 0.2) is 0 Å². The zero-order valence-electron chi connectivity index (χ0n) is 45.3. The number of carbonyl (C=O) groups is 14. The molecule has 0 radical (unpaired) electrons. The quantitative estimate of drug-likeness (QED) is 0.0278. The van der Waals surface area contributed by atoms with Crippen molar-refractivity contribution < 1.29 is 82.4 Å². The summed E-state index contributed by atoms with van der Waals surface area (Å²) in [5, 5.41) is 55.2. The lowest BCUT2D eigenvalue weighted by molar-refractivity contribution is -0.142. The normalized spacial score (nSPS) is 17.9. The Hall–Kier alpha value is -7.58. The van der Waals surface area contributed by atoms with Crippen LogP contribution in [0.2, 0.25) is 0 Å². The lowest BCUT2D eigenvalue weighted by Gasteiger charge is -2.27. The van der Waals surface area contributed by atoms with Crippen LogP contribution in [-0.4, -0.2) is 227 Å². The van der Waals surface area contributed by atoms with Gasteiger partial charge in [0.1, 0.15) is 54.4 Å². The molecule has 2 rings (SSSR count). The summed E-state index contributed by atoms with van der Waals surface area (Å²) in [4.78, 5) is 181. The van der Waals surface area contributed by atoms with Crippen LogP contribution in [0.1, 0.15) is 86.5 Å². The monoisotopic (exact) mass is 1130 g/mol. The third-order valence-electron chi connectivity index (χ3n) is 12.6. The third-order valence-corrected chi connectivity index (χ3v) is 12.6. The Labute approximate surface area is 455 Å². The van der Waals surface area contributed by atoms with E-state index < -0.39 is 182 Å². The number of carboxylic acid groups (broad SMARTS) is 1. The number of hydrogen-bond acceptors (Lipinski definition) is 18. The van der Waals surface area contributed by atoms with Crippen LogP contribution in [-0.2, 0) is 67.1 Å². The van der Waals surface area contributed by atoms with E-state index in [9.17, 15) is 82.4 Å². The van der Waals surface area contributed by atoms with Crippen molar-refractivity contribution in [3.63, 3.8) is 0 Å². The number of rotatable bonds is 32. The summed E-state index contributed by atoms with van der Waals surface area (Å²) < 4.78 is 0. The zero-order valence-corrected chi connectivity index (χ0v) is 45.3. The molecule has 0 bridgehead atoms. The zero-order chi connectivity index (χ0) is 59.7. The van der Waals surface area contributed by atoms with Gasteiger partial charge in [-0.05, 0) is 85.1 Å². The molecular weight excluding hydrogens is 1050 g/mol. The van der Waals surface area contributed by atoms with Gasteiger partial charge in [-0.1, -0.05) is 13.8 Å². The molecule has 2 aliphatic heterocycles. The Balaban J connectivity index is 1.84. The number of aliphatic hydroxyl groups excluding tert-OH is 2. The van der Waals surface area contributed by atoms with Gasteiger partial charge in [-0.2, -0.15) is 0 Å². The number of nitrogens with two attached hydrogens (primary N) is 2. The van der Waals surface area contributed by atoms with Gasteiger partial charge >= 0.3 is 5.97 Å². The average Bonchev–Trinajstić information content (AvgIpc) is 4.11. The molecule has 32 nitrogen and oxygen atoms in total. The molecule has 10 atom stereocenters. The lowest BCUT2D eigenvalue weighted by Crippen LogP contribution is -2.59. The maximum atomic E-state index is 13.3. The number of carbonyl (C=O) groups excluding carboxylic acids is 13. The number of aliphatic carboxylic acids is 1. The molecular formula is C47H79N15O17. The molecule has 0 unspecified atom stereocenters. The first-order valence-corrected chi connectivity index (χ1v) is 25.9. The topological polar surface area (TPSA) is 491 Å². The van der Waals surface area contributed by atoms with Crippen LogP contribution in [0.5, 0.6) is 0 Å². The van der Waals surface area contributed by atoms with Crippen LogP contribution in [0.4, 0.5) is 0 Å². The molecule has 18 N–H and O–H groups in total. The van der Waals surface area contributed by atoms with Gasteiger partial charge < -0.3 is 95.1 Å². The van der Waals surface area contributed by atoms with Crippen LogP contribution in [0, 0.1) is 5.92 Å². The Morgan fingerprint density at radius 3 is 1.51 bits per heavy atom. The number of aliphatic hydroxyl groups is 2. The number of nitrogens with zero attached hydrogens (tertiary/aromatic N) is 2. The van der Waals surface area contributed by atoms with Crippen LogP contribution in [0.3, 0.4) is 0 Å². The molecule has 0 saturated carbocycles. The van der Waals surface area contributed by atoms with Gasteiger partial charge in [0.2, 0.25) is 76.8 Å². The van der Waals surface area contributed by atoms with Crippen molar-refractivity contribution in [3.8, 4) is 0 Å². The van der Waals surface area contributed by atoms with Gasteiger partial charge in [-0.25, -0.2) is 4.79 Å². The molecule has 2 aliphatic rings. The third kappa shape index (κ3) is 22.4. The van der Waals surface area contributed by atoms with E-state index in [1.54, 1.807) is 13.8 Å². The van der Waals surface area contributed by atoms with Crippen molar-refractivity contribution in [3.05, 3.63) is 0 Å². The Kier molecular flexibility index (Phi) is 28.8. The molecule has 2 saturated heterocycles. The van der Waals surface area contributed by atoms with Crippen molar-refractivity contribution in [1.29, 1.82) is 0 Å². The summed E-state index contributed by atoms with van der Waals surface area (Å²) in [5.74, 6) is -12.4. The highest BCUT2D eigenvalue weighted by atomic mass is 16.4. The summed E-state index contributed by atoms with van der Waals surface area (Å²) in [7, 11) is 0. The van der Waals surface area contributed by atoms with Gasteiger partial charge in [0.15, 0.2) is 0 Å². The lowest BCUT2D eigenvalue weighted by atomic mass is 10.0. The fraction of sp³-hybridized carbons (Fsp3) is 0.702. The largest absolute Gasteiger partial charge is 0.480 e. The summed E-state index contributed by atoms with van der Waals surface area (Å²) in [6.45, 7) is 5.03. The Morgan fingerprint density at radius 2 is 0.987 bits per heavy atom. The first-order chi connectivity index (χ1) is 37.2. The van der Waals surface area contributed by atoms with Gasteiger partial charge in [0.05, 0.1) is 45.4 Å².